The minimum Gasteiger partial charge on any atom is -0.454 e. The number of fused-ring (bicyclic) bond motifs is 1. The first-order chi connectivity index (χ1) is 12.7. The van der Waals surface area contributed by atoms with Gasteiger partial charge in [0.25, 0.3) is 0 Å². The number of hydrogen-bond acceptors (Lipinski definition) is 6. The Bertz CT molecular complexity index is 1040. The standard InChI is InChI=1S/C19H12BrN3O2S/c20-14-3-1-2-12(6-14)16-10-26-19(23-16)13(8-21)9-22-15-4-5-17-18(7-15)25-11-24-17/h1-7,9-10,22H,11H2. The quantitative estimate of drug-likeness (QED) is 0.576. The van der Waals surface area contributed by atoms with Crippen LogP contribution < -0.4 is 14.8 Å². The van der Waals surface area contributed by atoms with E-state index in [-0.39, 0.29) is 6.79 Å². The zero-order chi connectivity index (χ0) is 17.9. The van der Waals surface area contributed by atoms with Crippen molar-refractivity contribution in [3.8, 4) is 28.8 Å². The van der Waals surface area contributed by atoms with Crippen molar-refractivity contribution in [2.45, 2.75) is 0 Å². The second-order valence-corrected chi connectivity index (χ2v) is 7.20. The Hall–Kier alpha value is -2.82. The van der Waals surface area contributed by atoms with Gasteiger partial charge in [-0.1, -0.05) is 28.1 Å². The molecule has 7 heteroatoms. The van der Waals surface area contributed by atoms with Gasteiger partial charge in [0, 0.05) is 33.4 Å². The van der Waals surface area contributed by atoms with E-state index in [1.165, 1.54) is 11.3 Å². The van der Waals surface area contributed by atoms with Gasteiger partial charge in [0.05, 0.1) is 5.69 Å². The molecular weight excluding hydrogens is 414 g/mol. The molecule has 4 rings (SSSR count). The molecule has 0 atom stereocenters. The largest absolute Gasteiger partial charge is 0.454 e. The summed E-state index contributed by atoms with van der Waals surface area (Å²) < 4.78 is 11.6. The van der Waals surface area contributed by atoms with Crippen LogP contribution in [0.3, 0.4) is 0 Å². The SMILES string of the molecule is N#CC(=CNc1ccc2c(c1)OCO2)c1nc(-c2cccc(Br)c2)cs1. The molecule has 128 valence electrons. The summed E-state index contributed by atoms with van der Waals surface area (Å²) in [6.07, 6.45) is 1.65. The van der Waals surface area contributed by atoms with E-state index in [1.807, 2.05) is 47.8 Å². The van der Waals surface area contributed by atoms with Crippen LogP contribution in [-0.2, 0) is 0 Å². The molecule has 2 aromatic carbocycles. The highest BCUT2D eigenvalue weighted by atomic mass is 79.9. The fourth-order valence-corrected chi connectivity index (χ4v) is 3.66. The molecule has 0 saturated heterocycles. The van der Waals surface area contributed by atoms with Gasteiger partial charge >= 0.3 is 0 Å². The monoisotopic (exact) mass is 425 g/mol. The summed E-state index contributed by atoms with van der Waals surface area (Å²) >= 11 is 4.90. The van der Waals surface area contributed by atoms with Gasteiger partial charge in [-0.25, -0.2) is 4.98 Å². The Labute approximate surface area is 162 Å². The van der Waals surface area contributed by atoms with Crippen LogP contribution in [0.4, 0.5) is 5.69 Å². The number of halogens is 1. The summed E-state index contributed by atoms with van der Waals surface area (Å²) in [7, 11) is 0. The Balaban J connectivity index is 1.56. The van der Waals surface area contributed by atoms with E-state index in [9.17, 15) is 5.26 Å². The molecule has 3 aromatic rings. The molecule has 1 N–H and O–H groups in total. The number of anilines is 1. The first kappa shape index (κ1) is 16.6. The zero-order valence-electron chi connectivity index (χ0n) is 13.4. The van der Waals surface area contributed by atoms with Gasteiger partial charge in [-0.15, -0.1) is 11.3 Å². The molecular formula is C19H12BrN3O2S. The van der Waals surface area contributed by atoms with Crippen molar-refractivity contribution in [2.75, 3.05) is 12.1 Å². The smallest absolute Gasteiger partial charge is 0.231 e. The zero-order valence-corrected chi connectivity index (χ0v) is 15.8. The number of aromatic nitrogens is 1. The highest BCUT2D eigenvalue weighted by Gasteiger charge is 2.13. The number of allylic oxidation sites excluding steroid dienone is 1. The molecule has 1 aliphatic rings. The predicted molar refractivity (Wildman–Crippen MR) is 105 cm³/mol. The predicted octanol–water partition coefficient (Wildman–Crippen LogP) is 5.28. The lowest BCUT2D eigenvalue weighted by atomic mass is 10.2. The Morgan fingerprint density at radius 1 is 1.23 bits per heavy atom. The summed E-state index contributed by atoms with van der Waals surface area (Å²) in [4.78, 5) is 4.59. The second kappa shape index (κ2) is 7.20. The Morgan fingerprint density at radius 3 is 2.96 bits per heavy atom. The van der Waals surface area contributed by atoms with Crippen molar-refractivity contribution in [2.24, 2.45) is 0 Å². The average Bonchev–Trinajstić information content (AvgIpc) is 3.31. The molecule has 5 nitrogen and oxygen atoms in total. The van der Waals surface area contributed by atoms with Crippen LogP contribution >= 0.6 is 27.3 Å². The van der Waals surface area contributed by atoms with Crippen molar-refractivity contribution < 1.29 is 9.47 Å². The molecule has 0 unspecified atom stereocenters. The molecule has 1 aromatic heterocycles. The van der Waals surface area contributed by atoms with E-state index >= 15 is 0 Å². The molecule has 0 amide bonds. The maximum Gasteiger partial charge on any atom is 0.231 e. The summed E-state index contributed by atoms with van der Waals surface area (Å²) in [5.41, 5.74) is 3.12. The van der Waals surface area contributed by atoms with Crippen LogP contribution in [0.2, 0.25) is 0 Å². The Kier molecular flexibility index (Phi) is 4.61. The van der Waals surface area contributed by atoms with Gasteiger partial charge in [-0.2, -0.15) is 5.26 Å². The highest BCUT2D eigenvalue weighted by molar-refractivity contribution is 9.10. The molecule has 0 radical (unpaired) electrons. The normalized spacial score (nSPS) is 12.7. The van der Waals surface area contributed by atoms with Crippen molar-refractivity contribution in [3.63, 3.8) is 0 Å². The average molecular weight is 426 g/mol. The van der Waals surface area contributed by atoms with Gasteiger partial charge < -0.3 is 14.8 Å². The van der Waals surface area contributed by atoms with Crippen molar-refractivity contribution in [3.05, 3.63) is 63.5 Å². The van der Waals surface area contributed by atoms with Crippen LogP contribution in [0.1, 0.15) is 5.01 Å². The van der Waals surface area contributed by atoms with Gasteiger partial charge in [0.2, 0.25) is 6.79 Å². The van der Waals surface area contributed by atoms with E-state index < -0.39 is 0 Å². The van der Waals surface area contributed by atoms with Crippen LogP contribution in [0.15, 0.2) is 58.5 Å². The molecule has 26 heavy (non-hydrogen) atoms. The van der Waals surface area contributed by atoms with Gasteiger partial charge in [0.15, 0.2) is 11.5 Å². The number of nitrogens with zero attached hydrogens (tertiary/aromatic N) is 2. The number of hydrogen-bond donors (Lipinski definition) is 1. The Morgan fingerprint density at radius 2 is 2.12 bits per heavy atom. The topological polar surface area (TPSA) is 67.2 Å². The second-order valence-electron chi connectivity index (χ2n) is 5.43. The summed E-state index contributed by atoms with van der Waals surface area (Å²) in [5.74, 6) is 1.41. The molecule has 0 bridgehead atoms. The maximum absolute atomic E-state index is 9.49. The lowest BCUT2D eigenvalue weighted by Crippen LogP contribution is -1.93. The minimum atomic E-state index is 0.232. The lowest BCUT2D eigenvalue weighted by Gasteiger charge is -2.03. The van der Waals surface area contributed by atoms with E-state index in [0.717, 1.165) is 27.2 Å². The van der Waals surface area contributed by atoms with Crippen LogP contribution in [-0.4, -0.2) is 11.8 Å². The van der Waals surface area contributed by atoms with Crippen LogP contribution in [0.25, 0.3) is 16.8 Å². The van der Waals surface area contributed by atoms with Crippen LogP contribution in [0.5, 0.6) is 11.5 Å². The molecule has 1 aliphatic heterocycles. The number of benzene rings is 2. The maximum atomic E-state index is 9.49. The summed E-state index contributed by atoms with van der Waals surface area (Å²) in [6, 6.07) is 15.6. The first-order valence-corrected chi connectivity index (χ1v) is 9.38. The minimum absolute atomic E-state index is 0.232. The summed E-state index contributed by atoms with van der Waals surface area (Å²) in [5, 5.41) is 15.2. The number of nitrogens with one attached hydrogen (secondary N) is 1. The molecule has 2 heterocycles. The number of nitriles is 1. The lowest BCUT2D eigenvalue weighted by molar-refractivity contribution is 0.174. The molecule has 0 fully saturated rings. The third-order valence-corrected chi connectivity index (χ3v) is 5.10. The first-order valence-electron chi connectivity index (χ1n) is 7.71. The van der Waals surface area contributed by atoms with Crippen molar-refractivity contribution in [1.82, 2.24) is 4.98 Å². The third kappa shape index (κ3) is 3.43. The van der Waals surface area contributed by atoms with Gasteiger partial charge in [-0.05, 0) is 24.3 Å². The van der Waals surface area contributed by atoms with E-state index in [0.29, 0.717) is 16.3 Å². The van der Waals surface area contributed by atoms with E-state index in [2.05, 4.69) is 32.3 Å². The van der Waals surface area contributed by atoms with E-state index in [4.69, 9.17) is 9.47 Å². The van der Waals surface area contributed by atoms with Gasteiger partial charge in [-0.3, -0.25) is 0 Å². The number of thiazole rings is 1. The molecule has 0 saturated carbocycles. The molecule has 0 aliphatic carbocycles. The fraction of sp³-hybridized carbons (Fsp3) is 0.0526. The van der Waals surface area contributed by atoms with Crippen molar-refractivity contribution >= 4 is 38.5 Å². The number of ether oxygens (including phenoxy) is 2. The third-order valence-electron chi connectivity index (χ3n) is 3.73. The molecule has 0 spiro atoms. The van der Waals surface area contributed by atoms with Crippen LogP contribution in [0, 0.1) is 11.3 Å². The number of rotatable bonds is 4. The fourth-order valence-electron chi connectivity index (χ4n) is 2.46. The van der Waals surface area contributed by atoms with Gasteiger partial charge in [0.1, 0.15) is 16.6 Å². The highest BCUT2D eigenvalue weighted by Crippen LogP contribution is 2.34. The van der Waals surface area contributed by atoms with E-state index in [1.54, 1.807) is 6.20 Å². The summed E-state index contributed by atoms with van der Waals surface area (Å²) in [6.45, 7) is 0.232. The van der Waals surface area contributed by atoms with Crippen molar-refractivity contribution in [1.29, 1.82) is 5.26 Å².